The molecule has 0 unspecified atom stereocenters. The van der Waals surface area contributed by atoms with Gasteiger partial charge in [-0.2, -0.15) is 13.2 Å². The van der Waals surface area contributed by atoms with E-state index in [4.69, 9.17) is 11.6 Å². The molecule has 0 atom stereocenters. The summed E-state index contributed by atoms with van der Waals surface area (Å²) in [4.78, 5) is 5.25. The standard InChI is InChI=1S/C15H22ClF3N4/c1-20-14(22-9-10-23(2)11-15(17,18)19)21-8-7-12-5-3-4-6-13(12)16/h3-6H,7-11H2,1-2H3,(H2,20,21,22). The number of benzene rings is 1. The predicted molar refractivity (Wildman–Crippen MR) is 88.1 cm³/mol. The number of likely N-dealkylation sites (N-methyl/N-ethyl adjacent to an activating group) is 1. The number of nitrogens with one attached hydrogen (secondary N) is 2. The molecule has 1 rings (SSSR count). The summed E-state index contributed by atoms with van der Waals surface area (Å²) in [7, 11) is 3.05. The van der Waals surface area contributed by atoms with Gasteiger partial charge < -0.3 is 10.6 Å². The van der Waals surface area contributed by atoms with Crippen molar-refractivity contribution < 1.29 is 13.2 Å². The predicted octanol–water partition coefficient (Wildman–Crippen LogP) is 2.54. The molecule has 0 aliphatic rings. The number of halogens is 4. The summed E-state index contributed by atoms with van der Waals surface area (Å²) < 4.78 is 36.6. The monoisotopic (exact) mass is 350 g/mol. The molecule has 0 aromatic heterocycles. The van der Waals surface area contributed by atoms with Crippen molar-refractivity contribution in [3.8, 4) is 0 Å². The number of alkyl halides is 3. The molecule has 0 amide bonds. The Balaban J connectivity index is 2.26. The molecule has 0 saturated heterocycles. The summed E-state index contributed by atoms with van der Waals surface area (Å²) in [5.41, 5.74) is 1.03. The minimum atomic E-state index is -4.18. The van der Waals surface area contributed by atoms with Crippen LogP contribution in [0, 0.1) is 0 Å². The lowest BCUT2D eigenvalue weighted by Gasteiger charge is -2.19. The fraction of sp³-hybridized carbons (Fsp3) is 0.533. The molecule has 0 bridgehead atoms. The van der Waals surface area contributed by atoms with Crippen LogP contribution in [0.15, 0.2) is 29.3 Å². The van der Waals surface area contributed by atoms with E-state index in [1.807, 2.05) is 24.3 Å². The quantitative estimate of drug-likeness (QED) is 0.586. The lowest BCUT2D eigenvalue weighted by Crippen LogP contribution is -2.43. The molecule has 130 valence electrons. The Kier molecular flexibility index (Phi) is 8.19. The average Bonchev–Trinajstić information content (AvgIpc) is 2.45. The zero-order valence-electron chi connectivity index (χ0n) is 13.3. The molecule has 0 aliphatic heterocycles. The van der Waals surface area contributed by atoms with Crippen molar-refractivity contribution in [3.63, 3.8) is 0 Å². The van der Waals surface area contributed by atoms with Gasteiger partial charge in [0.05, 0.1) is 6.54 Å². The number of hydrogen-bond acceptors (Lipinski definition) is 2. The van der Waals surface area contributed by atoms with Gasteiger partial charge in [-0.15, -0.1) is 0 Å². The molecule has 1 aromatic carbocycles. The SMILES string of the molecule is CN=C(NCCc1ccccc1Cl)NCCN(C)CC(F)(F)F. The molecule has 0 aliphatic carbocycles. The van der Waals surface area contributed by atoms with E-state index < -0.39 is 12.7 Å². The Labute approximate surface area is 139 Å². The number of rotatable bonds is 7. The van der Waals surface area contributed by atoms with Crippen molar-refractivity contribution >= 4 is 17.6 Å². The van der Waals surface area contributed by atoms with Crippen LogP contribution in [0.3, 0.4) is 0 Å². The molecule has 4 nitrogen and oxygen atoms in total. The topological polar surface area (TPSA) is 39.7 Å². The van der Waals surface area contributed by atoms with Gasteiger partial charge in [-0.3, -0.25) is 9.89 Å². The molecular formula is C15H22ClF3N4. The third-order valence-electron chi connectivity index (χ3n) is 3.10. The lowest BCUT2D eigenvalue weighted by molar-refractivity contribution is -0.142. The average molecular weight is 351 g/mol. The summed E-state index contributed by atoms with van der Waals surface area (Å²) in [6.45, 7) is 0.345. The van der Waals surface area contributed by atoms with Gasteiger partial charge in [0.15, 0.2) is 5.96 Å². The van der Waals surface area contributed by atoms with Gasteiger partial charge in [0.1, 0.15) is 0 Å². The Morgan fingerprint density at radius 1 is 1.22 bits per heavy atom. The first kappa shape index (κ1) is 19.6. The van der Waals surface area contributed by atoms with Crippen LogP contribution >= 0.6 is 11.6 Å². The molecule has 2 N–H and O–H groups in total. The van der Waals surface area contributed by atoms with E-state index in [1.54, 1.807) is 7.05 Å². The van der Waals surface area contributed by atoms with Gasteiger partial charge in [0.2, 0.25) is 0 Å². The van der Waals surface area contributed by atoms with Crippen molar-refractivity contribution in [2.75, 3.05) is 40.3 Å². The molecule has 0 heterocycles. The Bertz CT molecular complexity index is 506. The summed E-state index contributed by atoms with van der Waals surface area (Å²) >= 11 is 6.07. The summed E-state index contributed by atoms with van der Waals surface area (Å²) in [5, 5.41) is 6.80. The van der Waals surface area contributed by atoms with Crippen LogP contribution in [0.2, 0.25) is 5.02 Å². The van der Waals surface area contributed by atoms with Crippen molar-refractivity contribution in [2.45, 2.75) is 12.6 Å². The van der Waals surface area contributed by atoms with Crippen LogP contribution in [0.25, 0.3) is 0 Å². The minimum Gasteiger partial charge on any atom is -0.356 e. The maximum atomic E-state index is 12.2. The Morgan fingerprint density at radius 2 is 1.87 bits per heavy atom. The van der Waals surface area contributed by atoms with E-state index in [2.05, 4.69) is 15.6 Å². The molecule has 0 radical (unpaired) electrons. The highest BCUT2D eigenvalue weighted by Gasteiger charge is 2.28. The van der Waals surface area contributed by atoms with Crippen LogP contribution < -0.4 is 10.6 Å². The second-order valence-corrected chi connectivity index (χ2v) is 5.53. The van der Waals surface area contributed by atoms with E-state index in [9.17, 15) is 13.2 Å². The number of guanidine groups is 1. The Hall–Kier alpha value is -1.47. The van der Waals surface area contributed by atoms with Crippen LogP contribution in [0.4, 0.5) is 13.2 Å². The largest absolute Gasteiger partial charge is 0.401 e. The van der Waals surface area contributed by atoms with Crippen LogP contribution in [0.1, 0.15) is 5.56 Å². The molecule has 1 aromatic rings. The second kappa shape index (κ2) is 9.62. The highest BCUT2D eigenvalue weighted by molar-refractivity contribution is 6.31. The van der Waals surface area contributed by atoms with Gasteiger partial charge in [-0.05, 0) is 25.1 Å². The molecule has 0 spiro atoms. The van der Waals surface area contributed by atoms with Crippen LogP contribution in [0.5, 0.6) is 0 Å². The summed E-state index contributed by atoms with van der Waals surface area (Å²) in [6.07, 6.45) is -3.45. The van der Waals surface area contributed by atoms with E-state index in [0.717, 1.165) is 12.0 Å². The fourth-order valence-electron chi connectivity index (χ4n) is 1.99. The first-order valence-corrected chi connectivity index (χ1v) is 7.63. The van der Waals surface area contributed by atoms with Gasteiger partial charge >= 0.3 is 6.18 Å². The third-order valence-corrected chi connectivity index (χ3v) is 3.47. The van der Waals surface area contributed by atoms with Gasteiger partial charge in [-0.1, -0.05) is 29.8 Å². The smallest absolute Gasteiger partial charge is 0.356 e. The molecule has 8 heteroatoms. The highest BCUT2D eigenvalue weighted by atomic mass is 35.5. The van der Waals surface area contributed by atoms with Crippen molar-refractivity contribution in [1.82, 2.24) is 15.5 Å². The second-order valence-electron chi connectivity index (χ2n) is 5.12. The highest BCUT2D eigenvalue weighted by Crippen LogP contribution is 2.15. The maximum Gasteiger partial charge on any atom is 0.401 e. The summed E-state index contributed by atoms with van der Waals surface area (Å²) in [6, 6.07) is 7.58. The van der Waals surface area contributed by atoms with Crippen molar-refractivity contribution in [1.29, 1.82) is 0 Å². The lowest BCUT2D eigenvalue weighted by atomic mass is 10.1. The normalized spacial score (nSPS) is 12.6. The van der Waals surface area contributed by atoms with Gasteiger partial charge in [-0.25, -0.2) is 0 Å². The van der Waals surface area contributed by atoms with Crippen molar-refractivity contribution in [3.05, 3.63) is 34.9 Å². The first-order valence-electron chi connectivity index (χ1n) is 7.25. The number of nitrogens with zero attached hydrogens (tertiary/aromatic N) is 2. The van der Waals surface area contributed by atoms with E-state index >= 15 is 0 Å². The first-order chi connectivity index (χ1) is 10.8. The van der Waals surface area contributed by atoms with Gasteiger partial charge in [0.25, 0.3) is 0 Å². The minimum absolute atomic E-state index is 0.269. The Morgan fingerprint density at radius 3 is 2.48 bits per heavy atom. The third kappa shape index (κ3) is 8.66. The molecule has 0 saturated carbocycles. The molecule has 23 heavy (non-hydrogen) atoms. The summed E-state index contributed by atoms with van der Waals surface area (Å²) in [5.74, 6) is 0.553. The van der Waals surface area contributed by atoms with Gasteiger partial charge in [0, 0.05) is 31.7 Å². The molecular weight excluding hydrogens is 329 g/mol. The van der Waals surface area contributed by atoms with Crippen LogP contribution in [-0.2, 0) is 6.42 Å². The fourth-order valence-corrected chi connectivity index (χ4v) is 2.22. The van der Waals surface area contributed by atoms with E-state index in [0.29, 0.717) is 24.1 Å². The van der Waals surface area contributed by atoms with Crippen molar-refractivity contribution in [2.24, 2.45) is 4.99 Å². The maximum absolute atomic E-state index is 12.2. The zero-order chi connectivity index (χ0) is 17.3. The molecule has 0 fully saturated rings. The van der Waals surface area contributed by atoms with E-state index in [-0.39, 0.29) is 6.54 Å². The number of hydrogen-bond donors (Lipinski definition) is 2. The van der Waals surface area contributed by atoms with E-state index in [1.165, 1.54) is 11.9 Å². The zero-order valence-corrected chi connectivity index (χ0v) is 14.0. The number of aliphatic imine (C=N–C) groups is 1. The van der Waals surface area contributed by atoms with Crippen LogP contribution in [-0.4, -0.2) is 57.3 Å².